The Morgan fingerprint density at radius 3 is 2.44 bits per heavy atom. The van der Waals surface area contributed by atoms with Gasteiger partial charge in [-0.05, 0) is 18.2 Å². The van der Waals surface area contributed by atoms with Gasteiger partial charge < -0.3 is 9.80 Å². The van der Waals surface area contributed by atoms with E-state index in [0.717, 1.165) is 5.69 Å². The van der Waals surface area contributed by atoms with Crippen LogP contribution in [0.15, 0.2) is 23.3 Å². The number of hydrazone groups is 1. The minimum absolute atomic E-state index is 0.0102. The number of nitrogens with one attached hydrogen (secondary N) is 1. The molecule has 0 unspecified atom stereocenters. The van der Waals surface area contributed by atoms with Crippen LogP contribution in [0, 0.1) is 28.6 Å². The van der Waals surface area contributed by atoms with Crippen LogP contribution in [0.4, 0.5) is 11.4 Å². The molecular weight excluding hydrogens is 340 g/mol. The van der Waals surface area contributed by atoms with Gasteiger partial charge in [0.2, 0.25) is 11.6 Å². The van der Waals surface area contributed by atoms with E-state index in [1.54, 1.807) is 24.3 Å². The normalized spacial score (nSPS) is 13.8. The number of nitrogens with zero attached hydrogens (tertiary/aromatic N) is 5. The molecule has 0 aliphatic carbocycles. The Kier molecular flexibility index (Phi) is 6.21. The van der Waals surface area contributed by atoms with E-state index in [2.05, 4.69) is 15.4 Å². The van der Waals surface area contributed by atoms with Gasteiger partial charge in [-0.15, -0.1) is 0 Å². The third kappa shape index (κ3) is 4.62. The van der Waals surface area contributed by atoms with Crippen molar-refractivity contribution < 1.29 is 4.79 Å². The third-order valence-corrected chi connectivity index (χ3v) is 4.12. The Morgan fingerprint density at radius 2 is 1.88 bits per heavy atom. The molecule has 0 bridgehead atoms. The number of hydrogen-bond acceptors (Lipinski definition) is 6. The van der Waals surface area contributed by atoms with Crippen LogP contribution >= 0.6 is 11.6 Å². The van der Waals surface area contributed by atoms with Crippen molar-refractivity contribution in [2.75, 3.05) is 36.5 Å². The molecule has 7 nitrogen and oxygen atoms in total. The van der Waals surface area contributed by atoms with Crippen LogP contribution in [-0.2, 0) is 4.79 Å². The van der Waals surface area contributed by atoms with Crippen LogP contribution in [0.1, 0.15) is 13.8 Å². The van der Waals surface area contributed by atoms with Crippen molar-refractivity contribution in [1.82, 2.24) is 4.90 Å². The smallest absolute Gasteiger partial charge is 0.237 e. The van der Waals surface area contributed by atoms with Crippen molar-refractivity contribution in [2.24, 2.45) is 11.0 Å². The molecule has 8 heteroatoms. The van der Waals surface area contributed by atoms with Gasteiger partial charge in [-0.3, -0.25) is 10.2 Å². The molecule has 1 aromatic rings. The van der Waals surface area contributed by atoms with E-state index in [4.69, 9.17) is 22.1 Å². The summed E-state index contributed by atoms with van der Waals surface area (Å²) in [6.07, 6.45) is 0. The predicted molar refractivity (Wildman–Crippen MR) is 97.4 cm³/mol. The Hall–Kier alpha value is -2.77. The summed E-state index contributed by atoms with van der Waals surface area (Å²) < 4.78 is 0. The van der Waals surface area contributed by atoms with E-state index < -0.39 is 0 Å². The number of benzene rings is 1. The Balaban J connectivity index is 2.15. The number of rotatable bonds is 4. The Bertz CT molecular complexity index is 737. The highest BCUT2D eigenvalue weighted by Crippen LogP contribution is 2.30. The van der Waals surface area contributed by atoms with E-state index in [9.17, 15) is 4.79 Å². The maximum absolute atomic E-state index is 12.1. The Morgan fingerprint density at radius 1 is 1.24 bits per heavy atom. The molecule has 0 saturated carbocycles. The van der Waals surface area contributed by atoms with Gasteiger partial charge >= 0.3 is 0 Å². The number of piperazine rings is 1. The molecule has 1 saturated heterocycles. The zero-order valence-corrected chi connectivity index (χ0v) is 14.9. The first-order valence-corrected chi connectivity index (χ1v) is 8.31. The van der Waals surface area contributed by atoms with Gasteiger partial charge in [0, 0.05) is 37.1 Å². The molecule has 1 aliphatic heterocycles. The quantitative estimate of drug-likeness (QED) is 0.658. The zero-order valence-electron chi connectivity index (χ0n) is 14.2. The number of halogens is 1. The van der Waals surface area contributed by atoms with Crippen LogP contribution in [-0.4, -0.2) is 42.7 Å². The average Bonchev–Trinajstić information content (AvgIpc) is 2.62. The molecule has 130 valence electrons. The van der Waals surface area contributed by atoms with E-state index in [1.807, 2.05) is 24.8 Å². The number of amides is 1. The second-order valence-electron chi connectivity index (χ2n) is 5.92. The fourth-order valence-corrected chi connectivity index (χ4v) is 2.77. The number of nitriles is 2. The molecule has 0 aromatic heterocycles. The lowest BCUT2D eigenvalue weighted by atomic mass is 10.1. The van der Waals surface area contributed by atoms with Crippen LogP contribution in [0.25, 0.3) is 0 Å². The van der Waals surface area contributed by atoms with Crippen molar-refractivity contribution >= 4 is 34.6 Å². The van der Waals surface area contributed by atoms with E-state index in [-0.39, 0.29) is 17.5 Å². The molecule has 0 atom stereocenters. The first kappa shape index (κ1) is 18.6. The summed E-state index contributed by atoms with van der Waals surface area (Å²) in [4.78, 5) is 16.1. The van der Waals surface area contributed by atoms with Gasteiger partial charge in [0.15, 0.2) is 0 Å². The van der Waals surface area contributed by atoms with E-state index in [1.165, 1.54) is 0 Å². The molecule has 0 radical (unpaired) electrons. The van der Waals surface area contributed by atoms with Gasteiger partial charge in [-0.2, -0.15) is 15.6 Å². The number of anilines is 2. The minimum atomic E-state index is -0.265. The summed E-state index contributed by atoms with van der Waals surface area (Å²) in [6, 6.07) is 8.72. The van der Waals surface area contributed by atoms with Crippen LogP contribution in [0.3, 0.4) is 0 Å². The summed E-state index contributed by atoms with van der Waals surface area (Å²) in [7, 11) is 0. The second-order valence-corrected chi connectivity index (χ2v) is 6.36. The number of carbonyl (C=O) groups excluding carboxylic acids is 1. The lowest BCUT2D eigenvalue weighted by Gasteiger charge is -2.37. The highest BCUT2D eigenvalue weighted by atomic mass is 35.5. The minimum Gasteiger partial charge on any atom is -0.366 e. The van der Waals surface area contributed by atoms with Gasteiger partial charge in [0.05, 0.1) is 11.4 Å². The molecule has 25 heavy (non-hydrogen) atoms. The fourth-order valence-electron chi connectivity index (χ4n) is 2.60. The molecule has 1 amide bonds. The van der Waals surface area contributed by atoms with Crippen molar-refractivity contribution in [3.8, 4) is 12.1 Å². The predicted octanol–water partition coefficient (Wildman–Crippen LogP) is 2.46. The average molecular weight is 359 g/mol. The first-order valence-electron chi connectivity index (χ1n) is 7.93. The fraction of sp³-hybridized carbons (Fsp3) is 0.412. The van der Waals surface area contributed by atoms with Gasteiger partial charge in [0.25, 0.3) is 0 Å². The molecule has 1 aromatic carbocycles. The maximum Gasteiger partial charge on any atom is 0.237 e. The van der Waals surface area contributed by atoms with Gasteiger partial charge in [-0.1, -0.05) is 25.4 Å². The largest absolute Gasteiger partial charge is 0.366 e. The summed E-state index contributed by atoms with van der Waals surface area (Å²) in [6.45, 7) is 6.45. The second kappa shape index (κ2) is 8.36. The molecule has 0 spiro atoms. The number of hydrogen-bond donors (Lipinski definition) is 1. The topological polar surface area (TPSA) is 95.5 Å². The van der Waals surface area contributed by atoms with E-state index in [0.29, 0.717) is 36.9 Å². The lowest BCUT2D eigenvalue weighted by Crippen LogP contribution is -2.50. The van der Waals surface area contributed by atoms with Crippen molar-refractivity contribution in [1.29, 1.82) is 10.5 Å². The lowest BCUT2D eigenvalue weighted by molar-refractivity contribution is -0.134. The van der Waals surface area contributed by atoms with Crippen LogP contribution in [0.5, 0.6) is 0 Å². The van der Waals surface area contributed by atoms with Gasteiger partial charge in [-0.25, -0.2) is 0 Å². The molecular formula is C17H19ClN6O. The SMILES string of the molecule is CC(C)C(=O)N1CCN(c2ccc(Cl)cc2NN=C(C#N)C#N)CC1. The zero-order chi connectivity index (χ0) is 18.4. The summed E-state index contributed by atoms with van der Waals surface area (Å²) in [5, 5.41) is 21.9. The molecule has 1 fully saturated rings. The van der Waals surface area contributed by atoms with Crippen LogP contribution in [0.2, 0.25) is 5.02 Å². The monoisotopic (exact) mass is 358 g/mol. The first-order chi connectivity index (χ1) is 12.0. The van der Waals surface area contributed by atoms with E-state index >= 15 is 0 Å². The molecule has 1 heterocycles. The third-order valence-electron chi connectivity index (χ3n) is 3.88. The molecule has 2 rings (SSSR count). The van der Waals surface area contributed by atoms with Crippen molar-refractivity contribution in [3.63, 3.8) is 0 Å². The maximum atomic E-state index is 12.1. The molecule has 1 aliphatic rings. The summed E-state index contributed by atoms with van der Waals surface area (Å²) >= 11 is 6.05. The number of carbonyl (C=O) groups is 1. The summed E-state index contributed by atoms with van der Waals surface area (Å²) in [5.41, 5.74) is 3.95. The molecule has 1 N–H and O–H groups in total. The highest BCUT2D eigenvalue weighted by molar-refractivity contribution is 6.31. The van der Waals surface area contributed by atoms with Crippen LogP contribution < -0.4 is 10.3 Å². The highest BCUT2D eigenvalue weighted by Gasteiger charge is 2.24. The van der Waals surface area contributed by atoms with Crippen molar-refractivity contribution in [2.45, 2.75) is 13.8 Å². The Labute approximate surface area is 152 Å². The standard InChI is InChI=1S/C17H19ClN6O/c1-12(2)17(25)24-7-5-23(6-8-24)16-4-3-13(18)9-15(16)22-21-14(10-19)11-20/h3-4,9,12,22H,5-8H2,1-2H3. The van der Waals surface area contributed by atoms with Gasteiger partial charge in [0.1, 0.15) is 12.1 Å². The van der Waals surface area contributed by atoms with Crippen molar-refractivity contribution in [3.05, 3.63) is 23.2 Å². The summed E-state index contributed by atoms with van der Waals surface area (Å²) in [5.74, 6) is 0.149.